The Morgan fingerprint density at radius 3 is 2.69 bits per heavy atom. The molecule has 0 amide bonds. The molecule has 1 aromatic carbocycles. The van der Waals surface area contributed by atoms with Gasteiger partial charge in [-0.25, -0.2) is 13.8 Å². The van der Waals surface area contributed by atoms with Gasteiger partial charge in [0.2, 0.25) is 0 Å². The molecular weight excluding hydrogens is 327 g/mol. The lowest BCUT2D eigenvalue weighted by Gasteiger charge is -2.05. The van der Waals surface area contributed by atoms with E-state index in [-0.39, 0.29) is 5.88 Å². The van der Waals surface area contributed by atoms with Gasteiger partial charge in [0.25, 0.3) is 5.88 Å². The quantitative estimate of drug-likeness (QED) is 0.781. The van der Waals surface area contributed by atoms with E-state index in [0.29, 0.717) is 5.75 Å². The second-order valence-corrected chi connectivity index (χ2v) is 4.25. The maximum absolute atomic E-state index is 13.2. The van der Waals surface area contributed by atoms with Crippen LogP contribution in [0.15, 0.2) is 36.5 Å². The Hall–Kier alpha value is -1.24. The van der Waals surface area contributed by atoms with Gasteiger partial charge in [0.1, 0.15) is 11.6 Å². The van der Waals surface area contributed by atoms with E-state index in [4.69, 9.17) is 4.74 Å². The third kappa shape index (κ3) is 2.66. The third-order valence-corrected chi connectivity index (χ3v) is 2.46. The number of benzene rings is 1. The molecule has 5 heteroatoms. The Bertz CT molecular complexity index is 519. The highest BCUT2D eigenvalue weighted by molar-refractivity contribution is 14.1. The van der Waals surface area contributed by atoms with Crippen LogP contribution in [0.4, 0.5) is 8.78 Å². The van der Waals surface area contributed by atoms with Crippen molar-refractivity contribution in [2.45, 2.75) is 0 Å². The number of halogens is 3. The van der Waals surface area contributed by atoms with Crippen LogP contribution in [0, 0.1) is 15.2 Å². The van der Waals surface area contributed by atoms with Gasteiger partial charge in [-0.2, -0.15) is 0 Å². The van der Waals surface area contributed by atoms with Crippen molar-refractivity contribution in [3.8, 4) is 11.6 Å². The van der Waals surface area contributed by atoms with Crippen LogP contribution in [-0.4, -0.2) is 4.98 Å². The summed E-state index contributed by atoms with van der Waals surface area (Å²) in [5.41, 5.74) is 0. The van der Waals surface area contributed by atoms with Gasteiger partial charge in [-0.3, -0.25) is 0 Å². The number of hydrogen-bond acceptors (Lipinski definition) is 2. The zero-order valence-electron chi connectivity index (χ0n) is 7.95. The van der Waals surface area contributed by atoms with Crippen LogP contribution < -0.4 is 4.74 Å². The summed E-state index contributed by atoms with van der Waals surface area (Å²) in [6.45, 7) is 0. The number of ether oxygens (including phenoxy) is 1. The predicted molar refractivity (Wildman–Crippen MR) is 63.4 cm³/mol. The lowest BCUT2D eigenvalue weighted by atomic mass is 10.3. The van der Waals surface area contributed by atoms with Crippen molar-refractivity contribution < 1.29 is 13.5 Å². The minimum Gasteiger partial charge on any atom is -0.436 e. The predicted octanol–water partition coefficient (Wildman–Crippen LogP) is 3.76. The van der Waals surface area contributed by atoms with Gasteiger partial charge in [0.05, 0.1) is 6.20 Å². The van der Waals surface area contributed by atoms with Gasteiger partial charge in [-0.05, 0) is 40.8 Å². The molecule has 0 saturated heterocycles. The number of rotatable bonds is 2. The number of nitrogens with zero attached hydrogens (tertiary/aromatic N) is 1. The van der Waals surface area contributed by atoms with E-state index in [1.165, 1.54) is 0 Å². The van der Waals surface area contributed by atoms with E-state index in [2.05, 4.69) is 27.6 Å². The van der Waals surface area contributed by atoms with Gasteiger partial charge in [-0.15, -0.1) is 0 Å². The summed E-state index contributed by atoms with van der Waals surface area (Å²) in [7, 11) is 0. The van der Waals surface area contributed by atoms with E-state index >= 15 is 0 Å². The average molecular weight is 333 g/mol. The zero-order valence-corrected chi connectivity index (χ0v) is 10.1. The molecule has 0 aliphatic rings. The van der Waals surface area contributed by atoms with Crippen LogP contribution >= 0.6 is 22.6 Å². The molecule has 0 unspecified atom stereocenters. The molecule has 0 aliphatic carbocycles. The van der Waals surface area contributed by atoms with Crippen LogP contribution in [0.2, 0.25) is 0 Å². The number of hydrogen-bond donors (Lipinski definition) is 0. The normalized spacial score (nSPS) is 10.2. The van der Waals surface area contributed by atoms with Crippen LogP contribution in [0.3, 0.4) is 0 Å². The van der Waals surface area contributed by atoms with Crippen molar-refractivity contribution in [1.29, 1.82) is 0 Å². The lowest BCUT2D eigenvalue weighted by molar-refractivity contribution is 0.416. The Morgan fingerprint density at radius 1 is 1.19 bits per heavy atom. The van der Waals surface area contributed by atoms with Gasteiger partial charge >= 0.3 is 0 Å². The first-order valence-electron chi connectivity index (χ1n) is 4.39. The molecule has 0 N–H and O–H groups in total. The maximum atomic E-state index is 13.2. The summed E-state index contributed by atoms with van der Waals surface area (Å²) in [4.78, 5) is 3.53. The van der Waals surface area contributed by atoms with Crippen molar-refractivity contribution in [2.75, 3.05) is 0 Å². The molecule has 0 atom stereocenters. The van der Waals surface area contributed by atoms with E-state index in [1.54, 1.807) is 18.2 Å². The number of aromatic nitrogens is 1. The second kappa shape index (κ2) is 4.73. The minimum atomic E-state index is -0.820. The Labute approximate surface area is 104 Å². The molecule has 2 nitrogen and oxygen atoms in total. The second-order valence-electron chi connectivity index (χ2n) is 3.00. The summed E-state index contributed by atoms with van der Waals surface area (Å²) >= 11 is 2.11. The van der Waals surface area contributed by atoms with Gasteiger partial charge < -0.3 is 4.74 Å². The van der Waals surface area contributed by atoms with Gasteiger partial charge in [-0.1, -0.05) is 6.07 Å². The molecule has 0 spiro atoms. The topological polar surface area (TPSA) is 22.1 Å². The van der Waals surface area contributed by atoms with Crippen LogP contribution in [0.1, 0.15) is 0 Å². The summed E-state index contributed by atoms with van der Waals surface area (Å²) < 4.78 is 31.9. The SMILES string of the molecule is Fc1cnc(Oc2cccc(I)c2)c(F)c1. The van der Waals surface area contributed by atoms with Crippen molar-refractivity contribution in [2.24, 2.45) is 0 Å². The minimum absolute atomic E-state index is 0.233. The molecule has 0 saturated carbocycles. The molecule has 0 fully saturated rings. The highest BCUT2D eigenvalue weighted by Crippen LogP contribution is 2.23. The Balaban J connectivity index is 2.27. The van der Waals surface area contributed by atoms with E-state index in [1.807, 2.05) is 6.07 Å². The van der Waals surface area contributed by atoms with Crippen molar-refractivity contribution in [3.63, 3.8) is 0 Å². The summed E-state index contributed by atoms with van der Waals surface area (Å²) in [6.07, 6.45) is 0.909. The molecule has 0 radical (unpaired) electrons. The Morgan fingerprint density at radius 2 is 2.00 bits per heavy atom. The summed E-state index contributed by atoms with van der Waals surface area (Å²) in [5.74, 6) is -1.32. The highest BCUT2D eigenvalue weighted by atomic mass is 127. The van der Waals surface area contributed by atoms with Crippen molar-refractivity contribution in [3.05, 3.63) is 51.7 Å². The highest BCUT2D eigenvalue weighted by Gasteiger charge is 2.07. The first-order valence-corrected chi connectivity index (χ1v) is 5.47. The van der Waals surface area contributed by atoms with E-state index in [9.17, 15) is 8.78 Å². The molecule has 1 heterocycles. The monoisotopic (exact) mass is 333 g/mol. The fourth-order valence-electron chi connectivity index (χ4n) is 1.12. The number of pyridine rings is 1. The fraction of sp³-hybridized carbons (Fsp3) is 0. The smallest absolute Gasteiger partial charge is 0.256 e. The lowest BCUT2D eigenvalue weighted by Crippen LogP contribution is -1.93. The van der Waals surface area contributed by atoms with Crippen LogP contribution in [0.25, 0.3) is 0 Å². The maximum Gasteiger partial charge on any atom is 0.256 e. The average Bonchev–Trinajstić information content (AvgIpc) is 2.22. The molecule has 0 bridgehead atoms. The molecule has 16 heavy (non-hydrogen) atoms. The van der Waals surface area contributed by atoms with E-state index < -0.39 is 11.6 Å². The van der Waals surface area contributed by atoms with Gasteiger partial charge in [0, 0.05) is 9.64 Å². The first-order chi connectivity index (χ1) is 7.65. The largest absolute Gasteiger partial charge is 0.436 e. The van der Waals surface area contributed by atoms with Crippen molar-refractivity contribution in [1.82, 2.24) is 4.98 Å². The fourth-order valence-corrected chi connectivity index (χ4v) is 1.63. The molecule has 2 rings (SSSR count). The summed E-state index contributed by atoms with van der Waals surface area (Å²) in [6, 6.07) is 7.79. The third-order valence-electron chi connectivity index (χ3n) is 1.78. The molecule has 82 valence electrons. The molecule has 1 aromatic heterocycles. The molecule has 0 aliphatic heterocycles. The zero-order chi connectivity index (χ0) is 11.5. The summed E-state index contributed by atoms with van der Waals surface area (Å²) in [5, 5.41) is 0. The van der Waals surface area contributed by atoms with Crippen LogP contribution in [-0.2, 0) is 0 Å². The van der Waals surface area contributed by atoms with Gasteiger partial charge in [0.15, 0.2) is 5.82 Å². The molecular formula is C11H6F2INO. The van der Waals surface area contributed by atoms with E-state index in [0.717, 1.165) is 15.8 Å². The molecule has 2 aromatic rings. The Kier molecular flexibility index (Phi) is 3.33. The van der Waals surface area contributed by atoms with Crippen molar-refractivity contribution >= 4 is 22.6 Å². The first kappa shape index (κ1) is 11.3. The standard InChI is InChI=1S/C11H6F2INO/c12-7-4-10(13)11(15-6-7)16-9-3-1-2-8(14)5-9/h1-6H. The van der Waals surface area contributed by atoms with Crippen LogP contribution in [0.5, 0.6) is 11.6 Å².